The van der Waals surface area contributed by atoms with Gasteiger partial charge in [-0.15, -0.1) is 0 Å². The predicted octanol–water partition coefficient (Wildman–Crippen LogP) is 6.33. The number of hydrogen-bond donors (Lipinski definition) is 1. The molecule has 3 aromatic carbocycles. The molecular formula is C22H21NS. The fraction of sp³-hybridized carbons (Fsp3) is 0.182. The van der Waals surface area contributed by atoms with E-state index in [2.05, 4.69) is 84.2 Å². The summed E-state index contributed by atoms with van der Waals surface area (Å²) < 4.78 is 0. The van der Waals surface area contributed by atoms with E-state index in [0.29, 0.717) is 0 Å². The number of hydrogen-bond acceptors (Lipinski definition) is 2. The number of benzene rings is 3. The van der Waals surface area contributed by atoms with Crippen molar-refractivity contribution < 1.29 is 0 Å². The summed E-state index contributed by atoms with van der Waals surface area (Å²) in [6.45, 7) is 0.853. The fourth-order valence-corrected chi connectivity index (χ4v) is 3.76. The van der Waals surface area contributed by atoms with Crippen molar-refractivity contribution in [3.63, 3.8) is 0 Å². The molecule has 3 aromatic rings. The summed E-state index contributed by atoms with van der Waals surface area (Å²) in [5, 5.41) is 3.53. The van der Waals surface area contributed by atoms with Crippen LogP contribution < -0.4 is 5.32 Å². The Labute approximate surface area is 148 Å². The van der Waals surface area contributed by atoms with Crippen LogP contribution in [0.2, 0.25) is 0 Å². The topological polar surface area (TPSA) is 12.0 Å². The molecule has 0 saturated heterocycles. The van der Waals surface area contributed by atoms with Crippen LogP contribution in [-0.4, -0.2) is 0 Å². The lowest BCUT2D eigenvalue weighted by Gasteiger charge is -2.09. The lowest BCUT2D eigenvalue weighted by molar-refractivity contribution is 1.11. The van der Waals surface area contributed by atoms with Gasteiger partial charge in [-0.25, -0.2) is 0 Å². The van der Waals surface area contributed by atoms with Crippen LogP contribution in [0, 0.1) is 0 Å². The van der Waals surface area contributed by atoms with Crippen LogP contribution in [-0.2, 0) is 6.54 Å². The van der Waals surface area contributed by atoms with Gasteiger partial charge in [0, 0.05) is 22.0 Å². The highest BCUT2D eigenvalue weighted by molar-refractivity contribution is 7.99. The SMILES string of the molecule is c1ccc(Sc2cccc(CNc3ccc(C4CC4)cc3)c2)cc1. The van der Waals surface area contributed by atoms with E-state index in [9.17, 15) is 0 Å². The van der Waals surface area contributed by atoms with Gasteiger partial charge in [-0.05, 0) is 66.3 Å². The van der Waals surface area contributed by atoms with Crippen LogP contribution in [0.5, 0.6) is 0 Å². The van der Waals surface area contributed by atoms with Crippen molar-refractivity contribution in [2.24, 2.45) is 0 Å². The summed E-state index contributed by atoms with van der Waals surface area (Å²) in [6, 6.07) is 28.2. The van der Waals surface area contributed by atoms with E-state index < -0.39 is 0 Å². The first-order valence-electron chi connectivity index (χ1n) is 8.52. The molecule has 1 nitrogen and oxygen atoms in total. The standard InChI is InChI=1S/C22H21NS/c1-2-6-21(7-3-1)24-22-8-4-5-17(15-22)16-23-20-13-11-19(12-14-20)18-9-10-18/h1-8,11-15,18,23H,9-10,16H2. The third-order valence-corrected chi connectivity index (χ3v) is 5.33. The van der Waals surface area contributed by atoms with Crippen molar-refractivity contribution in [1.82, 2.24) is 0 Å². The highest BCUT2D eigenvalue weighted by atomic mass is 32.2. The molecule has 1 N–H and O–H groups in total. The zero-order valence-electron chi connectivity index (χ0n) is 13.6. The molecule has 4 rings (SSSR count). The van der Waals surface area contributed by atoms with Crippen molar-refractivity contribution >= 4 is 17.4 Å². The summed E-state index contributed by atoms with van der Waals surface area (Å²) in [5.74, 6) is 0.825. The molecule has 120 valence electrons. The third-order valence-electron chi connectivity index (χ3n) is 4.33. The Morgan fingerprint density at radius 1 is 0.792 bits per heavy atom. The van der Waals surface area contributed by atoms with Crippen molar-refractivity contribution in [2.45, 2.75) is 35.1 Å². The Morgan fingerprint density at radius 3 is 2.29 bits per heavy atom. The molecule has 0 spiro atoms. The van der Waals surface area contributed by atoms with E-state index in [4.69, 9.17) is 0 Å². The average Bonchev–Trinajstić information content (AvgIpc) is 3.47. The van der Waals surface area contributed by atoms with E-state index in [-0.39, 0.29) is 0 Å². The maximum absolute atomic E-state index is 3.53. The van der Waals surface area contributed by atoms with E-state index in [0.717, 1.165) is 12.5 Å². The molecule has 1 fully saturated rings. The minimum Gasteiger partial charge on any atom is -0.381 e. The second-order valence-electron chi connectivity index (χ2n) is 6.31. The van der Waals surface area contributed by atoms with E-state index in [1.807, 2.05) is 11.8 Å². The quantitative estimate of drug-likeness (QED) is 0.566. The molecule has 0 heterocycles. The zero-order valence-corrected chi connectivity index (χ0v) is 14.4. The van der Waals surface area contributed by atoms with Gasteiger partial charge in [-0.1, -0.05) is 54.2 Å². The van der Waals surface area contributed by atoms with Crippen LogP contribution in [0.4, 0.5) is 5.69 Å². The van der Waals surface area contributed by atoms with Crippen LogP contribution in [0.1, 0.15) is 29.9 Å². The largest absolute Gasteiger partial charge is 0.381 e. The highest BCUT2D eigenvalue weighted by Gasteiger charge is 2.22. The van der Waals surface area contributed by atoms with E-state index in [1.54, 1.807) is 0 Å². The molecule has 0 aliphatic heterocycles. The smallest absolute Gasteiger partial charge is 0.0401 e. The van der Waals surface area contributed by atoms with Crippen LogP contribution >= 0.6 is 11.8 Å². The van der Waals surface area contributed by atoms with Gasteiger partial charge in [-0.3, -0.25) is 0 Å². The van der Waals surface area contributed by atoms with Gasteiger partial charge in [0.1, 0.15) is 0 Å². The van der Waals surface area contributed by atoms with Gasteiger partial charge in [0.25, 0.3) is 0 Å². The lowest BCUT2D eigenvalue weighted by Crippen LogP contribution is -1.99. The van der Waals surface area contributed by atoms with Crippen molar-refractivity contribution in [3.8, 4) is 0 Å². The summed E-state index contributed by atoms with van der Waals surface area (Å²) >= 11 is 1.81. The maximum atomic E-state index is 3.53. The Bertz CT molecular complexity index is 792. The second-order valence-corrected chi connectivity index (χ2v) is 7.46. The normalized spacial score (nSPS) is 13.7. The molecule has 0 amide bonds. The Balaban J connectivity index is 1.38. The Kier molecular flexibility index (Phi) is 4.57. The van der Waals surface area contributed by atoms with E-state index >= 15 is 0 Å². The van der Waals surface area contributed by atoms with Gasteiger partial charge in [0.05, 0.1) is 0 Å². The summed E-state index contributed by atoms with van der Waals surface area (Å²) in [5.41, 5.74) is 3.99. The number of rotatable bonds is 6. The van der Waals surface area contributed by atoms with Crippen molar-refractivity contribution in [2.75, 3.05) is 5.32 Å². The first-order chi connectivity index (χ1) is 11.9. The molecule has 0 aromatic heterocycles. The maximum Gasteiger partial charge on any atom is 0.0401 e. The molecular weight excluding hydrogens is 310 g/mol. The summed E-state index contributed by atoms with van der Waals surface area (Å²) in [6.07, 6.45) is 2.72. The van der Waals surface area contributed by atoms with Crippen LogP contribution in [0.25, 0.3) is 0 Å². The van der Waals surface area contributed by atoms with Gasteiger partial charge in [-0.2, -0.15) is 0 Å². The van der Waals surface area contributed by atoms with Crippen molar-refractivity contribution in [3.05, 3.63) is 90.0 Å². The highest BCUT2D eigenvalue weighted by Crippen LogP contribution is 2.40. The predicted molar refractivity (Wildman–Crippen MR) is 103 cm³/mol. The first-order valence-corrected chi connectivity index (χ1v) is 9.34. The number of anilines is 1. The Morgan fingerprint density at radius 2 is 1.54 bits per heavy atom. The minimum atomic E-state index is 0.825. The molecule has 0 radical (unpaired) electrons. The molecule has 24 heavy (non-hydrogen) atoms. The molecule has 2 heteroatoms. The monoisotopic (exact) mass is 331 g/mol. The summed E-state index contributed by atoms with van der Waals surface area (Å²) in [4.78, 5) is 2.56. The minimum absolute atomic E-state index is 0.825. The van der Waals surface area contributed by atoms with Crippen LogP contribution in [0.15, 0.2) is 88.7 Å². The van der Waals surface area contributed by atoms with Gasteiger partial charge < -0.3 is 5.32 Å². The molecule has 1 aliphatic rings. The molecule has 0 atom stereocenters. The van der Waals surface area contributed by atoms with E-state index in [1.165, 1.54) is 39.4 Å². The summed E-state index contributed by atoms with van der Waals surface area (Å²) in [7, 11) is 0. The molecule has 1 aliphatic carbocycles. The second kappa shape index (κ2) is 7.14. The number of nitrogens with one attached hydrogen (secondary N) is 1. The lowest BCUT2D eigenvalue weighted by atomic mass is 10.1. The Hall–Kier alpha value is -2.19. The van der Waals surface area contributed by atoms with Gasteiger partial charge in [0.15, 0.2) is 0 Å². The first kappa shape index (κ1) is 15.3. The molecule has 1 saturated carbocycles. The van der Waals surface area contributed by atoms with Gasteiger partial charge in [0.2, 0.25) is 0 Å². The molecule has 0 bridgehead atoms. The van der Waals surface area contributed by atoms with Crippen LogP contribution in [0.3, 0.4) is 0 Å². The van der Waals surface area contributed by atoms with Gasteiger partial charge >= 0.3 is 0 Å². The fourth-order valence-electron chi connectivity index (χ4n) is 2.84. The molecule has 0 unspecified atom stereocenters. The average molecular weight is 331 g/mol. The zero-order chi connectivity index (χ0) is 16.2. The third kappa shape index (κ3) is 4.01. The van der Waals surface area contributed by atoms with Crippen molar-refractivity contribution in [1.29, 1.82) is 0 Å².